The summed E-state index contributed by atoms with van der Waals surface area (Å²) < 4.78 is 10.8. The number of carbonyl (C=O) groups excluding carboxylic acids is 1. The van der Waals surface area contributed by atoms with Crippen LogP contribution in [0.1, 0.15) is 36.2 Å². The number of morpholine rings is 1. The number of nitrogens with one attached hydrogen (secondary N) is 1. The lowest BCUT2D eigenvalue weighted by Crippen LogP contribution is -2.35. The van der Waals surface area contributed by atoms with Gasteiger partial charge in [-0.1, -0.05) is 12.1 Å². The van der Waals surface area contributed by atoms with E-state index in [1.54, 1.807) is 0 Å². The highest BCUT2D eigenvalue weighted by Gasteiger charge is 2.11. The van der Waals surface area contributed by atoms with E-state index in [4.69, 9.17) is 9.47 Å². The highest BCUT2D eigenvalue weighted by Crippen LogP contribution is 2.09. The van der Waals surface area contributed by atoms with Crippen molar-refractivity contribution in [2.24, 2.45) is 0 Å². The molecule has 2 rings (SSSR count). The molecule has 1 heterocycles. The van der Waals surface area contributed by atoms with E-state index in [1.807, 2.05) is 38.1 Å². The predicted octanol–water partition coefficient (Wildman–Crippen LogP) is 2.06. The molecule has 1 aromatic rings. The molecule has 1 aliphatic heterocycles. The molecule has 1 fully saturated rings. The normalized spacial score (nSPS) is 15.8. The summed E-state index contributed by atoms with van der Waals surface area (Å²) >= 11 is 0. The highest BCUT2D eigenvalue weighted by atomic mass is 16.5. The molecule has 23 heavy (non-hydrogen) atoms. The van der Waals surface area contributed by atoms with Crippen molar-refractivity contribution in [1.29, 1.82) is 0 Å². The lowest BCUT2D eigenvalue weighted by Gasteiger charge is -2.26. The second kappa shape index (κ2) is 9.65. The van der Waals surface area contributed by atoms with E-state index in [-0.39, 0.29) is 12.0 Å². The zero-order valence-corrected chi connectivity index (χ0v) is 14.2. The van der Waals surface area contributed by atoms with Gasteiger partial charge in [-0.2, -0.15) is 0 Å². The van der Waals surface area contributed by atoms with Crippen LogP contribution in [-0.2, 0) is 16.0 Å². The lowest BCUT2D eigenvalue weighted by atomic mass is 10.1. The average molecular weight is 320 g/mol. The van der Waals surface area contributed by atoms with Crippen LogP contribution in [0.2, 0.25) is 0 Å². The van der Waals surface area contributed by atoms with Gasteiger partial charge in [0.05, 0.1) is 19.3 Å². The first kappa shape index (κ1) is 17.9. The summed E-state index contributed by atoms with van der Waals surface area (Å²) in [5.74, 6) is -0.0209. The van der Waals surface area contributed by atoms with Crippen LogP contribution in [0, 0.1) is 0 Å². The van der Waals surface area contributed by atoms with Gasteiger partial charge in [-0.15, -0.1) is 0 Å². The predicted molar refractivity (Wildman–Crippen MR) is 90.6 cm³/mol. The number of hydrogen-bond acceptors (Lipinski definition) is 4. The largest absolute Gasteiger partial charge is 0.379 e. The van der Waals surface area contributed by atoms with Crippen LogP contribution >= 0.6 is 0 Å². The van der Waals surface area contributed by atoms with Gasteiger partial charge < -0.3 is 14.8 Å². The third kappa shape index (κ3) is 6.69. The van der Waals surface area contributed by atoms with Gasteiger partial charge in [0.1, 0.15) is 0 Å². The Kier molecular flexibility index (Phi) is 7.52. The molecule has 1 amide bonds. The van der Waals surface area contributed by atoms with Crippen molar-refractivity contribution in [2.45, 2.75) is 32.9 Å². The standard InChI is InChI=1S/C18H28N2O3/c1-15(2)23-11-3-8-19-18(21)17-6-4-16(5-7-17)14-20-9-12-22-13-10-20/h4-7,15H,3,8-14H2,1-2H3,(H,19,21). The van der Waals surface area contributed by atoms with Gasteiger partial charge in [-0.25, -0.2) is 0 Å². The summed E-state index contributed by atoms with van der Waals surface area (Å²) in [5, 5.41) is 2.93. The van der Waals surface area contributed by atoms with E-state index in [0.29, 0.717) is 18.7 Å². The Morgan fingerprint density at radius 2 is 1.96 bits per heavy atom. The van der Waals surface area contributed by atoms with Crippen molar-refractivity contribution in [3.63, 3.8) is 0 Å². The molecular weight excluding hydrogens is 292 g/mol. The SMILES string of the molecule is CC(C)OCCCNC(=O)c1ccc(CN2CCOCC2)cc1. The minimum absolute atomic E-state index is 0.0209. The van der Waals surface area contributed by atoms with Crippen LogP contribution in [0.4, 0.5) is 0 Å². The maximum Gasteiger partial charge on any atom is 0.251 e. The van der Waals surface area contributed by atoms with Gasteiger partial charge in [0.15, 0.2) is 0 Å². The van der Waals surface area contributed by atoms with Crippen LogP contribution in [0.5, 0.6) is 0 Å². The van der Waals surface area contributed by atoms with Gasteiger partial charge in [-0.05, 0) is 38.0 Å². The van der Waals surface area contributed by atoms with Crippen LogP contribution in [0.3, 0.4) is 0 Å². The molecule has 1 aliphatic rings. The molecule has 0 aliphatic carbocycles. The Hall–Kier alpha value is -1.43. The van der Waals surface area contributed by atoms with E-state index < -0.39 is 0 Å². The maximum atomic E-state index is 12.1. The molecule has 0 unspecified atom stereocenters. The van der Waals surface area contributed by atoms with Crippen molar-refractivity contribution in [3.8, 4) is 0 Å². The molecule has 128 valence electrons. The second-order valence-corrected chi connectivity index (χ2v) is 6.11. The fourth-order valence-electron chi connectivity index (χ4n) is 2.47. The first-order valence-corrected chi connectivity index (χ1v) is 8.44. The van der Waals surface area contributed by atoms with Crippen LogP contribution in [-0.4, -0.2) is 56.4 Å². The molecule has 5 heteroatoms. The van der Waals surface area contributed by atoms with Crippen molar-refractivity contribution >= 4 is 5.91 Å². The van der Waals surface area contributed by atoms with Crippen LogP contribution in [0.25, 0.3) is 0 Å². The van der Waals surface area contributed by atoms with E-state index in [2.05, 4.69) is 10.2 Å². The summed E-state index contributed by atoms with van der Waals surface area (Å²) in [4.78, 5) is 14.4. The second-order valence-electron chi connectivity index (χ2n) is 6.11. The molecule has 5 nitrogen and oxygen atoms in total. The summed E-state index contributed by atoms with van der Waals surface area (Å²) in [6.07, 6.45) is 1.07. The van der Waals surface area contributed by atoms with Gasteiger partial charge in [0.2, 0.25) is 0 Å². The van der Waals surface area contributed by atoms with Crippen molar-refractivity contribution < 1.29 is 14.3 Å². The smallest absolute Gasteiger partial charge is 0.251 e. The molecule has 1 aromatic carbocycles. The van der Waals surface area contributed by atoms with E-state index in [1.165, 1.54) is 5.56 Å². The Labute approximate surface area is 139 Å². The quantitative estimate of drug-likeness (QED) is 0.745. The fraction of sp³-hybridized carbons (Fsp3) is 0.611. The van der Waals surface area contributed by atoms with Gasteiger partial charge >= 0.3 is 0 Å². The Balaban J connectivity index is 1.71. The van der Waals surface area contributed by atoms with Crippen molar-refractivity contribution in [3.05, 3.63) is 35.4 Å². The lowest BCUT2D eigenvalue weighted by molar-refractivity contribution is 0.0342. The number of ether oxygens (including phenoxy) is 2. The van der Waals surface area contributed by atoms with Gasteiger partial charge in [0.25, 0.3) is 5.91 Å². The fourth-order valence-corrected chi connectivity index (χ4v) is 2.47. The number of rotatable bonds is 8. The Morgan fingerprint density at radius 1 is 1.26 bits per heavy atom. The topological polar surface area (TPSA) is 50.8 Å². The summed E-state index contributed by atoms with van der Waals surface area (Å²) in [5.41, 5.74) is 1.94. The Bertz CT molecular complexity index is 468. The summed E-state index contributed by atoms with van der Waals surface area (Å²) in [6, 6.07) is 7.87. The molecule has 0 radical (unpaired) electrons. The molecule has 0 spiro atoms. The monoisotopic (exact) mass is 320 g/mol. The molecule has 0 aromatic heterocycles. The number of amides is 1. The number of hydrogen-bond donors (Lipinski definition) is 1. The molecule has 0 atom stereocenters. The minimum atomic E-state index is -0.0209. The van der Waals surface area contributed by atoms with Gasteiger partial charge in [0, 0.05) is 38.3 Å². The molecular formula is C18H28N2O3. The van der Waals surface area contributed by atoms with Crippen molar-refractivity contribution in [2.75, 3.05) is 39.5 Å². The molecule has 1 N–H and O–H groups in total. The van der Waals surface area contributed by atoms with Gasteiger partial charge in [-0.3, -0.25) is 9.69 Å². The van der Waals surface area contributed by atoms with E-state index in [0.717, 1.165) is 39.3 Å². The number of nitrogens with zero attached hydrogens (tertiary/aromatic N) is 1. The number of benzene rings is 1. The van der Waals surface area contributed by atoms with Crippen LogP contribution in [0.15, 0.2) is 24.3 Å². The first-order valence-electron chi connectivity index (χ1n) is 8.44. The highest BCUT2D eigenvalue weighted by molar-refractivity contribution is 5.94. The summed E-state index contributed by atoms with van der Waals surface area (Å²) in [6.45, 7) is 9.81. The molecule has 1 saturated heterocycles. The zero-order valence-electron chi connectivity index (χ0n) is 14.2. The number of carbonyl (C=O) groups is 1. The Morgan fingerprint density at radius 3 is 2.61 bits per heavy atom. The van der Waals surface area contributed by atoms with E-state index in [9.17, 15) is 4.79 Å². The molecule has 0 bridgehead atoms. The minimum Gasteiger partial charge on any atom is -0.379 e. The molecule has 0 saturated carbocycles. The average Bonchev–Trinajstić information content (AvgIpc) is 2.56. The van der Waals surface area contributed by atoms with Crippen LogP contribution < -0.4 is 5.32 Å². The third-order valence-corrected chi connectivity index (χ3v) is 3.78. The third-order valence-electron chi connectivity index (χ3n) is 3.78. The summed E-state index contributed by atoms with van der Waals surface area (Å²) in [7, 11) is 0. The van der Waals surface area contributed by atoms with Crippen molar-refractivity contribution in [1.82, 2.24) is 10.2 Å². The van der Waals surface area contributed by atoms with E-state index >= 15 is 0 Å². The zero-order chi connectivity index (χ0) is 16.5. The maximum absolute atomic E-state index is 12.1. The first-order chi connectivity index (χ1) is 11.1.